The number of nitrogens with zero attached hydrogens (tertiary/aromatic N) is 2. The van der Waals surface area contributed by atoms with Gasteiger partial charge in [-0.25, -0.2) is 0 Å². The first-order chi connectivity index (χ1) is 19.6. The molecule has 0 aliphatic rings. The average Bonchev–Trinajstić information content (AvgIpc) is 2.92. The second-order valence-electron chi connectivity index (χ2n) is 13.0. The first-order valence-corrected chi connectivity index (χ1v) is 15.4. The maximum Gasteiger partial charge on any atom is 0.246 e. The predicted molar refractivity (Wildman–Crippen MR) is 170 cm³/mol. The highest BCUT2D eigenvalue weighted by Crippen LogP contribution is 2.20. The zero-order chi connectivity index (χ0) is 32.1. The summed E-state index contributed by atoms with van der Waals surface area (Å²) in [6.07, 6.45) is 1.83. The molecule has 4 atom stereocenters. The third-order valence-corrected chi connectivity index (χ3v) is 7.62. The Hall–Kier alpha value is -2.94. The topological polar surface area (TPSA) is 111 Å². The second-order valence-corrected chi connectivity index (χ2v) is 13.0. The number of carbonyl (C=O) groups is 4. The lowest BCUT2D eigenvalue weighted by Crippen LogP contribution is -2.60. The van der Waals surface area contributed by atoms with E-state index in [0.29, 0.717) is 31.7 Å². The number of carbonyl (C=O) groups excluding carboxylic acids is 4. The Balaban J connectivity index is 3.13. The Kier molecular flexibility index (Phi) is 15.8. The fourth-order valence-electron chi connectivity index (χ4n) is 5.19. The van der Waals surface area contributed by atoms with Crippen LogP contribution in [0.5, 0.6) is 0 Å². The Morgan fingerprint density at radius 3 is 1.79 bits per heavy atom. The average molecular weight is 588 g/mol. The highest BCUT2D eigenvalue weighted by atomic mass is 16.2. The Labute approximate surface area is 254 Å². The molecule has 1 rings (SSSR count). The summed E-state index contributed by atoms with van der Waals surface area (Å²) in [6.45, 7) is 16.1. The van der Waals surface area contributed by atoms with Crippen LogP contribution in [-0.2, 0) is 25.6 Å². The largest absolute Gasteiger partial charge is 0.354 e. The Morgan fingerprint density at radius 2 is 1.31 bits per heavy atom. The van der Waals surface area contributed by atoms with Crippen molar-refractivity contribution in [1.82, 2.24) is 25.8 Å². The second kappa shape index (κ2) is 17.9. The van der Waals surface area contributed by atoms with Crippen LogP contribution in [0, 0.1) is 23.7 Å². The van der Waals surface area contributed by atoms with Crippen LogP contribution in [0.15, 0.2) is 30.3 Å². The van der Waals surface area contributed by atoms with Crippen LogP contribution < -0.4 is 16.0 Å². The summed E-state index contributed by atoms with van der Waals surface area (Å²) < 4.78 is 0. The number of likely N-dealkylation sites (N-methyl/N-ethyl adjacent to an activating group) is 3. The van der Waals surface area contributed by atoms with Crippen LogP contribution in [0.2, 0.25) is 0 Å². The highest BCUT2D eigenvalue weighted by molar-refractivity contribution is 5.95. The molecule has 0 radical (unpaired) electrons. The van der Waals surface area contributed by atoms with Crippen molar-refractivity contribution in [2.75, 3.05) is 27.7 Å². The van der Waals surface area contributed by atoms with Crippen molar-refractivity contribution in [3.63, 3.8) is 0 Å². The van der Waals surface area contributed by atoms with E-state index in [2.05, 4.69) is 16.0 Å². The lowest BCUT2D eigenvalue weighted by molar-refractivity contribution is -0.151. The van der Waals surface area contributed by atoms with E-state index in [0.717, 1.165) is 5.56 Å². The van der Waals surface area contributed by atoms with Crippen LogP contribution in [0.3, 0.4) is 0 Å². The first kappa shape index (κ1) is 37.1. The van der Waals surface area contributed by atoms with Gasteiger partial charge in [0.15, 0.2) is 0 Å². The standard InChI is InChI=1S/C33H57N5O4/c1-21(2)19-26(34-9)30(39)36-28(23(5)6)32(41)38(11)29(24(7)8)33(42)37(10)27(20-22(3)4)31(40)35-18-17-25-15-13-12-14-16-25/h12-16,21-24,26-29,34H,17-20H2,1-11H3,(H,35,40)(H,36,39)/t26-,27-,28-,29-/m0/s1. The van der Waals surface area contributed by atoms with E-state index in [1.165, 1.54) is 9.80 Å². The lowest BCUT2D eigenvalue weighted by Gasteiger charge is -2.38. The van der Waals surface area contributed by atoms with Gasteiger partial charge in [-0.05, 0) is 55.5 Å². The van der Waals surface area contributed by atoms with Crippen LogP contribution >= 0.6 is 0 Å². The third-order valence-electron chi connectivity index (χ3n) is 7.62. The summed E-state index contributed by atoms with van der Waals surface area (Å²) >= 11 is 0. The number of amides is 4. The number of nitrogens with one attached hydrogen (secondary N) is 3. The third kappa shape index (κ3) is 11.4. The molecule has 238 valence electrons. The summed E-state index contributed by atoms with van der Waals surface area (Å²) in [6, 6.07) is 7.23. The van der Waals surface area contributed by atoms with Crippen molar-refractivity contribution < 1.29 is 19.2 Å². The molecule has 1 aromatic rings. The maximum atomic E-state index is 14.0. The SMILES string of the molecule is CN[C@@H](CC(C)C)C(=O)N[C@H](C(=O)N(C)[C@H](C(=O)N(C)[C@@H](CC(C)C)C(=O)NCCc1ccccc1)C(C)C)C(C)C. The molecule has 0 bridgehead atoms. The van der Waals surface area contributed by atoms with Gasteiger partial charge < -0.3 is 25.8 Å². The zero-order valence-electron chi connectivity index (χ0n) is 27.9. The van der Waals surface area contributed by atoms with Crippen molar-refractivity contribution in [2.24, 2.45) is 23.7 Å². The molecule has 0 aromatic heterocycles. The van der Waals surface area contributed by atoms with Gasteiger partial charge in [0.25, 0.3) is 0 Å². The van der Waals surface area contributed by atoms with Gasteiger partial charge in [0.2, 0.25) is 23.6 Å². The van der Waals surface area contributed by atoms with E-state index >= 15 is 0 Å². The Morgan fingerprint density at radius 1 is 0.738 bits per heavy atom. The lowest BCUT2D eigenvalue weighted by atomic mass is 9.95. The van der Waals surface area contributed by atoms with E-state index in [1.54, 1.807) is 21.1 Å². The molecule has 4 amide bonds. The summed E-state index contributed by atoms with van der Waals surface area (Å²) in [5, 5.41) is 8.99. The molecule has 1 aromatic carbocycles. The smallest absolute Gasteiger partial charge is 0.246 e. The predicted octanol–water partition coefficient (Wildman–Crippen LogP) is 3.48. The first-order valence-electron chi connectivity index (χ1n) is 15.4. The molecular formula is C33H57N5O4. The van der Waals surface area contributed by atoms with Crippen LogP contribution in [0.25, 0.3) is 0 Å². The van der Waals surface area contributed by atoms with E-state index in [9.17, 15) is 19.2 Å². The number of rotatable bonds is 17. The van der Waals surface area contributed by atoms with Gasteiger partial charge in [0.1, 0.15) is 18.1 Å². The molecule has 3 N–H and O–H groups in total. The van der Waals surface area contributed by atoms with Gasteiger partial charge in [0.05, 0.1) is 6.04 Å². The van der Waals surface area contributed by atoms with E-state index in [4.69, 9.17) is 0 Å². The molecule has 0 fully saturated rings. The van der Waals surface area contributed by atoms with Crippen molar-refractivity contribution in [2.45, 2.75) is 98.8 Å². The van der Waals surface area contributed by atoms with Crippen LogP contribution in [-0.4, -0.2) is 85.3 Å². The molecule has 0 aliphatic carbocycles. The van der Waals surface area contributed by atoms with Gasteiger partial charge in [-0.2, -0.15) is 0 Å². The highest BCUT2D eigenvalue weighted by Gasteiger charge is 2.39. The fraction of sp³-hybridized carbons (Fsp3) is 0.697. The molecule has 0 saturated carbocycles. The summed E-state index contributed by atoms with van der Waals surface area (Å²) in [5.74, 6) is -1.000. The monoisotopic (exact) mass is 587 g/mol. The summed E-state index contributed by atoms with van der Waals surface area (Å²) in [4.78, 5) is 57.2. The van der Waals surface area contributed by atoms with Gasteiger partial charge in [-0.15, -0.1) is 0 Å². The minimum atomic E-state index is -0.803. The van der Waals surface area contributed by atoms with Gasteiger partial charge >= 0.3 is 0 Å². The minimum absolute atomic E-state index is 0.175. The summed E-state index contributed by atoms with van der Waals surface area (Å²) in [7, 11) is 4.99. The van der Waals surface area contributed by atoms with Crippen LogP contribution in [0.1, 0.15) is 73.8 Å². The van der Waals surface area contributed by atoms with E-state index in [-0.39, 0.29) is 41.4 Å². The Bertz CT molecular complexity index is 995. The fourth-order valence-corrected chi connectivity index (χ4v) is 5.19. The normalized spacial score (nSPS) is 14.5. The van der Waals surface area contributed by atoms with Crippen molar-refractivity contribution in [1.29, 1.82) is 0 Å². The van der Waals surface area contributed by atoms with Gasteiger partial charge in [0, 0.05) is 20.6 Å². The van der Waals surface area contributed by atoms with Crippen LogP contribution in [0.4, 0.5) is 0 Å². The summed E-state index contributed by atoms with van der Waals surface area (Å²) in [5.41, 5.74) is 1.12. The molecule has 42 heavy (non-hydrogen) atoms. The molecule has 9 nitrogen and oxygen atoms in total. The molecule has 0 unspecified atom stereocenters. The quantitative estimate of drug-likeness (QED) is 0.259. The van der Waals surface area contributed by atoms with Crippen molar-refractivity contribution in [3.05, 3.63) is 35.9 Å². The van der Waals surface area contributed by atoms with Gasteiger partial charge in [-0.1, -0.05) is 85.7 Å². The molecule has 0 spiro atoms. The zero-order valence-corrected chi connectivity index (χ0v) is 27.9. The van der Waals surface area contributed by atoms with E-state index in [1.807, 2.05) is 85.7 Å². The maximum absolute atomic E-state index is 14.0. The molecule has 0 aliphatic heterocycles. The molecule has 9 heteroatoms. The van der Waals surface area contributed by atoms with Crippen molar-refractivity contribution >= 4 is 23.6 Å². The van der Waals surface area contributed by atoms with Gasteiger partial charge in [-0.3, -0.25) is 19.2 Å². The molecule has 0 saturated heterocycles. The minimum Gasteiger partial charge on any atom is -0.354 e. The number of hydrogen-bond donors (Lipinski definition) is 3. The number of benzene rings is 1. The number of hydrogen-bond acceptors (Lipinski definition) is 5. The van der Waals surface area contributed by atoms with Crippen molar-refractivity contribution in [3.8, 4) is 0 Å². The molecular weight excluding hydrogens is 530 g/mol. The molecule has 0 heterocycles. The van der Waals surface area contributed by atoms with E-state index < -0.39 is 24.2 Å².